The van der Waals surface area contributed by atoms with Crippen LogP contribution in [0.4, 0.5) is 5.13 Å². The van der Waals surface area contributed by atoms with Gasteiger partial charge in [0.25, 0.3) is 5.91 Å². The van der Waals surface area contributed by atoms with Gasteiger partial charge in [0.1, 0.15) is 0 Å². The zero-order chi connectivity index (χ0) is 17.1. The van der Waals surface area contributed by atoms with Crippen molar-refractivity contribution in [3.8, 4) is 21.7 Å². The van der Waals surface area contributed by atoms with E-state index in [1.807, 2.05) is 66.0 Å². The molecule has 2 aromatic carbocycles. The molecule has 0 atom stereocenters. The maximum absolute atomic E-state index is 12.3. The first-order chi connectivity index (χ1) is 12.3. The third-order valence-corrected chi connectivity index (χ3v) is 5.56. The van der Waals surface area contributed by atoms with Crippen molar-refractivity contribution in [3.05, 3.63) is 83.1 Å². The second kappa shape index (κ2) is 7.01. The number of aromatic nitrogens is 1. The molecule has 25 heavy (non-hydrogen) atoms. The number of thiazole rings is 1. The van der Waals surface area contributed by atoms with E-state index in [0.717, 1.165) is 21.7 Å². The van der Waals surface area contributed by atoms with Gasteiger partial charge in [0.15, 0.2) is 5.13 Å². The fraction of sp³-hybridized carbons (Fsp3) is 0. The van der Waals surface area contributed by atoms with Gasteiger partial charge in [-0.1, -0.05) is 78.1 Å². The van der Waals surface area contributed by atoms with Crippen LogP contribution in [0.3, 0.4) is 0 Å². The lowest BCUT2D eigenvalue weighted by molar-refractivity contribution is 0.103. The van der Waals surface area contributed by atoms with Crippen molar-refractivity contribution in [2.75, 3.05) is 5.32 Å². The molecule has 0 aliphatic heterocycles. The zero-order valence-electron chi connectivity index (χ0n) is 13.2. The molecule has 4 aromatic rings. The number of carbonyl (C=O) groups excluding carboxylic acids is 1. The summed E-state index contributed by atoms with van der Waals surface area (Å²) >= 11 is 2.91. The number of rotatable bonds is 4. The molecule has 0 saturated carbocycles. The van der Waals surface area contributed by atoms with Crippen molar-refractivity contribution in [1.29, 1.82) is 0 Å². The minimum absolute atomic E-state index is 0.122. The summed E-state index contributed by atoms with van der Waals surface area (Å²) in [4.78, 5) is 18.8. The summed E-state index contributed by atoms with van der Waals surface area (Å²) in [7, 11) is 0. The Morgan fingerprint density at radius 2 is 1.52 bits per heavy atom. The minimum Gasteiger partial charge on any atom is -0.297 e. The number of hydrogen-bond acceptors (Lipinski definition) is 4. The molecule has 4 rings (SSSR count). The molecule has 0 aliphatic rings. The number of carbonyl (C=O) groups is 1. The molecule has 0 saturated heterocycles. The summed E-state index contributed by atoms with van der Waals surface area (Å²) in [5.41, 5.74) is 3.02. The van der Waals surface area contributed by atoms with Gasteiger partial charge >= 0.3 is 0 Å². The molecule has 2 aromatic heterocycles. The summed E-state index contributed by atoms with van der Waals surface area (Å²) in [6.45, 7) is 0. The molecule has 5 heteroatoms. The Kier molecular flexibility index (Phi) is 4.41. The normalized spacial score (nSPS) is 10.6. The van der Waals surface area contributed by atoms with Crippen LogP contribution in [0.1, 0.15) is 9.67 Å². The second-order valence-electron chi connectivity index (χ2n) is 5.36. The fourth-order valence-electron chi connectivity index (χ4n) is 2.52. The summed E-state index contributed by atoms with van der Waals surface area (Å²) in [5, 5.41) is 5.42. The van der Waals surface area contributed by atoms with Crippen LogP contribution in [0, 0.1) is 0 Å². The van der Waals surface area contributed by atoms with Crippen molar-refractivity contribution in [1.82, 2.24) is 4.98 Å². The number of anilines is 1. The predicted octanol–water partition coefficient (Wildman–Crippen LogP) is 5.79. The van der Waals surface area contributed by atoms with Gasteiger partial charge in [-0.15, -0.1) is 11.3 Å². The second-order valence-corrected chi connectivity index (χ2v) is 7.31. The molecule has 3 nitrogen and oxygen atoms in total. The fourth-order valence-corrected chi connectivity index (χ4v) is 4.12. The molecule has 0 bridgehead atoms. The van der Waals surface area contributed by atoms with Gasteiger partial charge in [-0.25, -0.2) is 4.98 Å². The Hall–Kier alpha value is -2.76. The molecule has 0 spiro atoms. The van der Waals surface area contributed by atoms with Crippen molar-refractivity contribution in [3.63, 3.8) is 0 Å². The minimum atomic E-state index is -0.122. The first kappa shape index (κ1) is 15.7. The Morgan fingerprint density at radius 1 is 0.840 bits per heavy atom. The lowest BCUT2D eigenvalue weighted by Crippen LogP contribution is -2.09. The van der Waals surface area contributed by atoms with Gasteiger partial charge in [-0.2, -0.15) is 0 Å². The van der Waals surface area contributed by atoms with Crippen molar-refractivity contribution < 1.29 is 4.79 Å². The Labute approximate surface area is 153 Å². The van der Waals surface area contributed by atoms with Crippen LogP contribution in [-0.2, 0) is 0 Å². The summed E-state index contributed by atoms with van der Waals surface area (Å²) in [5.74, 6) is -0.122. The number of nitrogens with one attached hydrogen (secondary N) is 1. The maximum atomic E-state index is 12.3. The van der Waals surface area contributed by atoms with Gasteiger partial charge in [-0.05, 0) is 17.0 Å². The lowest BCUT2D eigenvalue weighted by atomic mass is 10.1. The SMILES string of the molecule is O=C(Nc1nc(-c2ccccc2)c(-c2ccccc2)s1)c1cccs1. The summed E-state index contributed by atoms with van der Waals surface area (Å²) in [6, 6.07) is 23.8. The highest BCUT2D eigenvalue weighted by Gasteiger charge is 2.17. The molecular weight excluding hydrogens is 348 g/mol. The molecular formula is C20H14N2OS2. The van der Waals surface area contributed by atoms with Gasteiger partial charge < -0.3 is 0 Å². The van der Waals surface area contributed by atoms with Crippen LogP contribution in [0.2, 0.25) is 0 Å². The first-order valence-corrected chi connectivity index (χ1v) is 9.47. The number of benzene rings is 2. The van der Waals surface area contributed by atoms with E-state index in [9.17, 15) is 4.79 Å². The van der Waals surface area contributed by atoms with Gasteiger partial charge in [0.2, 0.25) is 0 Å². The third kappa shape index (κ3) is 3.38. The number of amides is 1. The van der Waals surface area contributed by atoms with Crippen molar-refractivity contribution in [2.45, 2.75) is 0 Å². The van der Waals surface area contributed by atoms with E-state index < -0.39 is 0 Å². The summed E-state index contributed by atoms with van der Waals surface area (Å²) in [6.07, 6.45) is 0. The average Bonchev–Trinajstić information content (AvgIpc) is 3.33. The standard InChI is InChI=1S/C20H14N2OS2/c23-19(16-12-7-13-24-16)22-20-21-17(14-8-3-1-4-9-14)18(25-20)15-10-5-2-6-11-15/h1-13H,(H,21,22,23). The van der Waals surface area contributed by atoms with Crippen molar-refractivity contribution in [2.24, 2.45) is 0 Å². The Balaban J connectivity index is 1.75. The van der Waals surface area contributed by atoms with E-state index in [-0.39, 0.29) is 5.91 Å². The number of nitrogens with zero attached hydrogens (tertiary/aromatic N) is 1. The Morgan fingerprint density at radius 3 is 2.16 bits per heavy atom. The quantitative estimate of drug-likeness (QED) is 0.499. The number of hydrogen-bond donors (Lipinski definition) is 1. The molecule has 1 amide bonds. The first-order valence-electron chi connectivity index (χ1n) is 7.78. The van der Waals surface area contributed by atoms with Crippen LogP contribution in [0.5, 0.6) is 0 Å². The highest BCUT2D eigenvalue weighted by molar-refractivity contribution is 7.19. The van der Waals surface area contributed by atoms with Gasteiger partial charge in [-0.3, -0.25) is 10.1 Å². The maximum Gasteiger partial charge on any atom is 0.267 e. The van der Waals surface area contributed by atoms with E-state index in [4.69, 9.17) is 4.98 Å². The average molecular weight is 362 g/mol. The molecule has 0 aliphatic carbocycles. The monoisotopic (exact) mass is 362 g/mol. The topological polar surface area (TPSA) is 42.0 Å². The van der Waals surface area contributed by atoms with E-state index in [2.05, 4.69) is 17.4 Å². The molecule has 1 N–H and O–H groups in total. The highest BCUT2D eigenvalue weighted by atomic mass is 32.1. The molecule has 0 fully saturated rings. The smallest absolute Gasteiger partial charge is 0.267 e. The van der Waals surface area contributed by atoms with E-state index in [1.165, 1.54) is 22.7 Å². The van der Waals surface area contributed by atoms with Gasteiger partial charge in [0.05, 0.1) is 15.4 Å². The van der Waals surface area contributed by atoms with Crippen LogP contribution in [0.25, 0.3) is 21.7 Å². The van der Waals surface area contributed by atoms with Crippen LogP contribution < -0.4 is 5.32 Å². The number of thiophene rings is 1. The molecule has 0 unspecified atom stereocenters. The summed E-state index contributed by atoms with van der Waals surface area (Å²) < 4.78 is 0. The van der Waals surface area contributed by atoms with E-state index in [0.29, 0.717) is 10.0 Å². The predicted molar refractivity (Wildman–Crippen MR) is 105 cm³/mol. The van der Waals surface area contributed by atoms with E-state index in [1.54, 1.807) is 0 Å². The van der Waals surface area contributed by atoms with Gasteiger partial charge in [0, 0.05) is 5.56 Å². The molecule has 122 valence electrons. The van der Waals surface area contributed by atoms with Crippen LogP contribution in [-0.4, -0.2) is 10.9 Å². The molecule has 2 heterocycles. The zero-order valence-corrected chi connectivity index (χ0v) is 14.8. The Bertz CT molecular complexity index is 920. The van der Waals surface area contributed by atoms with Crippen molar-refractivity contribution >= 4 is 33.7 Å². The highest BCUT2D eigenvalue weighted by Crippen LogP contribution is 2.39. The van der Waals surface area contributed by atoms with E-state index >= 15 is 0 Å². The molecule has 0 radical (unpaired) electrons. The largest absolute Gasteiger partial charge is 0.297 e. The van der Waals surface area contributed by atoms with Crippen LogP contribution >= 0.6 is 22.7 Å². The lowest BCUT2D eigenvalue weighted by Gasteiger charge is -2.02. The van der Waals surface area contributed by atoms with Crippen LogP contribution in [0.15, 0.2) is 78.2 Å². The third-order valence-electron chi connectivity index (χ3n) is 3.68.